The first kappa shape index (κ1) is 20.0. The summed E-state index contributed by atoms with van der Waals surface area (Å²) in [5, 5.41) is 12.7. The largest absolute Gasteiger partial charge is 0.361 e. The van der Waals surface area contributed by atoms with Crippen LogP contribution in [-0.4, -0.2) is 57.5 Å². The normalized spacial score (nSPS) is 17.0. The van der Waals surface area contributed by atoms with Gasteiger partial charge in [-0.05, 0) is 31.0 Å². The van der Waals surface area contributed by atoms with Gasteiger partial charge in [-0.25, -0.2) is 4.68 Å². The molecule has 1 unspecified atom stereocenters. The summed E-state index contributed by atoms with van der Waals surface area (Å²) >= 11 is 0. The number of anilines is 1. The highest BCUT2D eigenvalue weighted by atomic mass is 16.2. The van der Waals surface area contributed by atoms with Crippen LogP contribution in [0.3, 0.4) is 0 Å². The smallest absolute Gasteiger partial charge is 0.274 e. The van der Waals surface area contributed by atoms with Crippen LogP contribution in [0.15, 0.2) is 29.1 Å². The van der Waals surface area contributed by atoms with Gasteiger partial charge in [0.2, 0.25) is 0 Å². The van der Waals surface area contributed by atoms with Crippen molar-refractivity contribution in [2.24, 2.45) is 0 Å². The van der Waals surface area contributed by atoms with E-state index in [-0.39, 0.29) is 22.9 Å². The van der Waals surface area contributed by atoms with E-state index in [2.05, 4.69) is 36.1 Å². The zero-order chi connectivity index (χ0) is 20.5. The molecule has 150 valence electrons. The van der Waals surface area contributed by atoms with Crippen LogP contribution in [0.5, 0.6) is 0 Å². The van der Waals surface area contributed by atoms with Gasteiger partial charge in [0.05, 0.1) is 18.3 Å². The van der Waals surface area contributed by atoms with Gasteiger partial charge in [-0.2, -0.15) is 5.10 Å². The van der Waals surface area contributed by atoms with Crippen LogP contribution in [-0.2, 0) is 12.0 Å². The summed E-state index contributed by atoms with van der Waals surface area (Å²) in [6.45, 7) is 7.22. The number of aromatic nitrogens is 4. The van der Waals surface area contributed by atoms with Gasteiger partial charge in [0.15, 0.2) is 11.5 Å². The van der Waals surface area contributed by atoms with Gasteiger partial charge in [-0.3, -0.25) is 9.59 Å². The first-order chi connectivity index (χ1) is 13.2. The molecule has 0 aliphatic carbocycles. The molecular weight excluding hydrogens is 356 g/mol. The SMILES string of the molecule is CN(C)c1ccc(C(=O)N2CCCC2Cn2nc(C(C)(C)C)ccc2=O)nn1. The zero-order valence-electron chi connectivity index (χ0n) is 17.2. The monoisotopic (exact) mass is 384 g/mol. The second-order valence-electron chi connectivity index (χ2n) is 8.45. The van der Waals surface area contributed by atoms with Crippen molar-refractivity contribution in [1.82, 2.24) is 24.9 Å². The van der Waals surface area contributed by atoms with Crippen molar-refractivity contribution in [3.63, 3.8) is 0 Å². The summed E-state index contributed by atoms with van der Waals surface area (Å²) in [5.74, 6) is 0.546. The highest BCUT2D eigenvalue weighted by Crippen LogP contribution is 2.22. The van der Waals surface area contributed by atoms with E-state index in [9.17, 15) is 9.59 Å². The number of carbonyl (C=O) groups is 1. The predicted octanol–water partition coefficient (Wildman–Crippen LogP) is 1.70. The number of rotatable bonds is 4. The van der Waals surface area contributed by atoms with Crippen LogP contribution in [0.25, 0.3) is 0 Å². The van der Waals surface area contributed by atoms with Crippen LogP contribution >= 0.6 is 0 Å². The van der Waals surface area contributed by atoms with E-state index in [1.54, 1.807) is 29.2 Å². The third-order valence-corrected chi connectivity index (χ3v) is 4.98. The first-order valence-corrected chi connectivity index (χ1v) is 9.57. The fourth-order valence-corrected chi connectivity index (χ4v) is 3.30. The van der Waals surface area contributed by atoms with Gasteiger partial charge in [0, 0.05) is 32.1 Å². The maximum Gasteiger partial charge on any atom is 0.274 e. The van der Waals surface area contributed by atoms with E-state index < -0.39 is 0 Å². The van der Waals surface area contributed by atoms with Gasteiger partial charge in [-0.1, -0.05) is 20.8 Å². The van der Waals surface area contributed by atoms with Crippen molar-refractivity contribution in [1.29, 1.82) is 0 Å². The van der Waals surface area contributed by atoms with E-state index in [0.29, 0.717) is 24.6 Å². The Bertz CT molecular complexity index is 898. The molecule has 1 aliphatic heterocycles. The number of hydrogen-bond acceptors (Lipinski definition) is 6. The van der Waals surface area contributed by atoms with E-state index in [0.717, 1.165) is 18.5 Å². The van der Waals surface area contributed by atoms with Crippen molar-refractivity contribution in [2.75, 3.05) is 25.5 Å². The Balaban J connectivity index is 1.80. The molecule has 8 nitrogen and oxygen atoms in total. The lowest BCUT2D eigenvalue weighted by molar-refractivity contribution is 0.0713. The molecule has 1 atom stereocenters. The Morgan fingerprint density at radius 3 is 2.54 bits per heavy atom. The molecule has 1 amide bonds. The number of hydrogen-bond donors (Lipinski definition) is 0. The Hall–Kier alpha value is -2.77. The lowest BCUT2D eigenvalue weighted by Crippen LogP contribution is -2.41. The topological polar surface area (TPSA) is 84.2 Å². The molecule has 1 aliphatic rings. The second kappa shape index (κ2) is 7.69. The first-order valence-electron chi connectivity index (χ1n) is 9.57. The molecule has 0 spiro atoms. The molecular formula is C20H28N6O2. The van der Waals surface area contributed by atoms with Crippen molar-refractivity contribution in [3.05, 3.63) is 46.0 Å². The van der Waals surface area contributed by atoms with E-state index in [4.69, 9.17) is 0 Å². The van der Waals surface area contributed by atoms with Crippen LogP contribution in [0.4, 0.5) is 5.82 Å². The van der Waals surface area contributed by atoms with Gasteiger partial charge in [0.25, 0.3) is 11.5 Å². The Morgan fingerprint density at radius 1 is 1.18 bits per heavy atom. The van der Waals surface area contributed by atoms with E-state index >= 15 is 0 Å². The van der Waals surface area contributed by atoms with E-state index in [1.807, 2.05) is 19.0 Å². The summed E-state index contributed by atoms with van der Waals surface area (Å²) in [6.07, 6.45) is 1.73. The molecule has 0 N–H and O–H groups in total. The number of nitrogens with zero attached hydrogens (tertiary/aromatic N) is 6. The van der Waals surface area contributed by atoms with Crippen molar-refractivity contribution < 1.29 is 4.79 Å². The number of carbonyl (C=O) groups excluding carboxylic acids is 1. The summed E-state index contributed by atoms with van der Waals surface area (Å²) in [5.41, 5.74) is 0.876. The summed E-state index contributed by atoms with van der Waals surface area (Å²) in [4.78, 5) is 28.9. The average molecular weight is 384 g/mol. The quantitative estimate of drug-likeness (QED) is 0.798. The summed E-state index contributed by atoms with van der Waals surface area (Å²) < 4.78 is 1.48. The molecule has 2 aromatic heterocycles. The summed E-state index contributed by atoms with van der Waals surface area (Å²) in [6, 6.07) is 6.73. The zero-order valence-corrected chi connectivity index (χ0v) is 17.2. The predicted molar refractivity (Wildman–Crippen MR) is 108 cm³/mol. The minimum atomic E-state index is -0.152. The lowest BCUT2D eigenvalue weighted by atomic mass is 9.92. The number of likely N-dealkylation sites (tertiary alicyclic amines) is 1. The van der Waals surface area contributed by atoms with Crippen molar-refractivity contribution in [3.8, 4) is 0 Å². The van der Waals surface area contributed by atoms with Crippen LogP contribution in [0, 0.1) is 0 Å². The Labute approximate surface area is 165 Å². The highest BCUT2D eigenvalue weighted by Gasteiger charge is 2.31. The van der Waals surface area contributed by atoms with Crippen LogP contribution < -0.4 is 10.5 Å². The third-order valence-electron chi connectivity index (χ3n) is 4.98. The average Bonchev–Trinajstić information content (AvgIpc) is 3.10. The fraction of sp³-hybridized carbons (Fsp3) is 0.550. The molecule has 3 heterocycles. The maximum absolute atomic E-state index is 12.9. The molecule has 3 rings (SSSR count). The van der Waals surface area contributed by atoms with Gasteiger partial charge in [0.1, 0.15) is 0 Å². The van der Waals surface area contributed by atoms with Gasteiger partial charge < -0.3 is 9.80 Å². The van der Waals surface area contributed by atoms with Crippen LogP contribution in [0.2, 0.25) is 0 Å². The molecule has 0 radical (unpaired) electrons. The molecule has 0 saturated carbocycles. The van der Waals surface area contributed by atoms with E-state index in [1.165, 1.54) is 4.68 Å². The second-order valence-corrected chi connectivity index (χ2v) is 8.45. The Kier molecular flexibility index (Phi) is 5.49. The molecule has 0 bridgehead atoms. The molecule has 8 heteroatoms. The molecule has 1 fully saturated rings. The molecule has 2 aromatic rings. The maximum atomic E-state index is 12.9. The minimum Gasteiger partial charge on any atom is -0.361 e. The molecule has 0 aromatic carbocycles. The van der Waals surface area contributed by atoms with Crippen molar-refractivity contribution in [2.45, 2.75) is 51.6 Å². The summed E-state index contributed by atoms with van der Waals surface area (Å²) in [7, 11) is 3.75. The molecule has 28 heavy (non-hydrogen) atoms. The fourth-order valence-electron chi connectivity index (χ4n) is 3.30. The Morgan fingerprint density at radius 2 is 1.93 bits per heavy atom. The lowest BCUT2D eigenvalue weighted by Gasteiger charge is -2.25. The van der Waals surface area contributed by atoms with Crippen LogP contribution in [0.1, 0.15) is 49.8 Å². The minimum absolute atomic E-state index is 0.0803. The van der Waals surface area contributed by atoms with Crippen molar-refractivity contribution >= 4 is 11.7 Å². The van der Waals surface area contributed by atoms with Gasteiger partial charge >= 0.3 is 0 Å². The third kappa shape index (κ3) is 4.21. The standard InChI is InChI=1S/C20H28N6O2/c1-20(2,3)16-9-11-18(27)26(23-16)13-14-7-6-12-25(14)19(28)15-8-10-17(22-21-15)24(4)5/h8-11,14H,6-7,12-13H2,1-5H3. The number of amides is 1. The molecule has 1 saturated heterocycles. The highest BCUT2D eigenvalue weighted by molar-refractivity contribution is 5.92. The van der Waals surface area contributed by atoms with Gasteiger partial charge in [-0.15, -0.1) is 10.2 Å².